The van der Waals surface area contributed by atoms with Crippen LogP contribution in [-0.2, 0) is 9.22 Å². The summed E-state index contributed by atoms with van der Waals surface area (Å²) in [6, 6.07) is 0. The van der Waals surface area contributed by atoms with E-state index in [0.29, 0.717) is 6.42 Å². The van der Waals surface area contributed by atoms with Gasteiger partial charge in [0.15, 0.2) is 0 Å². The molecule has 0 aliphatic rings. The smallest absolute Gasteiger partial charge is 0.292 e. The maximum absolute atomic E-state index is 11.6. The number of carbonyl (C=O) groups is 1. The molecule has 3 heteroatoms. The van der Waals surface area contributed by atoms with Crippen molar-refractivity contribution in [1.29, 1.82) is 0 Å². The minimum Gasteiger partial charge on any atom is -0.520 e. The molecule has 0 fully saturated rings. The van der Waals surface area contributed by atoms with Crippen molar-refractivity contribution in [3.63, 3.8) is 0 Å². The molecule has 0 radical (unpaired) electrons. The van der Waals surface area contributed by atoms with Gasteiger partial charge in [-0.15, -0.1) is 0 Å². The van der Waals surface area contributed by atoms with Gasteiger partial charge in [0.25, 0.3) is 5.97 Å². The van der Waals surface area contributed by atoms with E-state index in [2.05, 4.69) is 38.7 Å². The second-order valence-electron chi connectivity index (χ2n) is 7.92. The van der Waals surface area contributed by atoms with E-state index < -0.39 is 8.32 Å². The van der Waals surface area contributed by atoms with Gasteiger partial charge in [0.1, 0.15) is 0 Å². The Morgan fingerprint density at radius 1 is 0.750 bits per heavy atom. The summed E-state index contributed by atoms with van der Waals surface area (Å²) in [6.07, 6.45) is 22.0. The van der Waals surface area contributed by atoms with Crippen LogP contribution in [0.25, 0.3) is 0 Å². The van der Waals surface area contributed by atoms with Crippen LogP contribution in [0, 0.1) is 0 Å². The maximum Gasteiger partial charge on any atom is 0.292 e. The van der Waals surface area contributed by atoms with Crippen LogP contribution in [0.1, 0.15) is 96.8 Å². The second-order valence-corrected chi connectivity index (χ2v) is 12.3. The Kier molecular flexibility index (Phi) is 15.5. The summed E-state index contributed by atoms with van der Waals surface area (Å²) in [5.41, 5.74) is 0. The van der Waals surface area contributed by atoms with E-state index in [9.17, 15) is 4.79 Å². The number of hydrogen-bond donors (Lipinski definition) is 0. The summed E-state index contributed by atoms with van der Waals surface area (Å²) in [6.45, 7) is 8.45. The Bertz CT molecular complexity index is 318. The molecule has 0 aliphatic heterocycles. The molecule has 0 aromatic rings. The van der Waals surface area contributed by atoms with Crippen LogP contribution in [0.3, 0.4) is 0 Å². The lowest BCUT2D eigenvalue weighted by Crippen LogP contribution is -2.28. The van der Waals surface area contributed by atoms with E-state index in [1.165, 1.54) is 77.0 Å². The molecular formula is C21H42O2Si. The van der Waals surface area contributed by atoms with Crippen molar-refractivity contribution in [2.45, 2.75) is 116 Å². The molecule has 0 amide bonds. The molecule has 24 heavy (non-hydrogen) atoms. The Morgan fingerprint density at radius 2 is 1.21 bits per heavy atom. The first-order valence-electron chi connectivity index (χ1n) is 10.3. The normalized spacial score (nSPS) is 12.0. The average molecular weight is 355 g/mol. The van der Waals surface area contributed by atoms with Crippen molar-refractivity contribution < 1.29 is 9.22 Å². The number of carbonyl (C=O) groups excluding carboxylic acids is 1. The monoisotopic (exact) mass is 354 g/mol. The first kappa shape index (κ1) is 23.4. The highest BCUT2D eigenvalue weighted by atomic mass is 28.4. The summed E-state index contributed by atoms with van der Waals surface area (Å²) in [7, 11) is -1.68. The van der Waals surface area contributed by atoms with Gasteiger partial charge in [-0.1, -0.05) is 70.4 Å². The van der Waals surface area contributed by atoms with Gasteiger partial charge in [0, 0.05) is 6.42 Å². The van der Waals surface area contributed by atoms with Gasteiger partial charge in [-0.05, 0) is 51.7 Å². The molecule has 0 rings (SSSR count). The highest BCUT2D eigenvalue weighted by Gasteiger charge is 2.19. The Morgan fingerprint density at radius 3 is 1.71 bits per heavy atom. The molecule has 0 aromatic carbocycles. The first-order chi connectivity index (χ1) is 11.5. The fraction of sp³-hybridized carbons (Fsp3) is 0.857. The molecule has 0 heterocycles. The van der Waals surface area contributed by atoms with E-state index in [1.807, 2.05) is 0 Å². The second kappa shape index (κ2) is 15.9. The van der Waals surface area contributed by atoms with Crippen molar-refractivity contribution in [3.8, 4) is 0 Å². The zero-order valence-corrected chi connectivity index (χ0v) is 17.9. The highest BCUT2D eigenvalue weighted by molar-refractivity contribution is 6.71. The lowest BCUT2D eigenvalue weighted by Gasteiger charge is -2.17. The largest absolute Gasteiger partial charge is 0.520 e. The molecule has 2 nitrogen and oxygen atoms in total. The molecule has 0 aromatic heterocycles. The molecule has 0 bridgehead atoms. The fourth-order valence-corrected chi connectivity index (χ4v) is 3.52. The molecule has 0 unspecified atom stereocenters. The van der Waals surface area contributed by atoms with E-state index in [0.717, 1.165) is 6.42 Å². The van der Waals surface area contributed by atoms with Gasteiger partial charge in [-0.25, -0.2) is 0 Å². The molecular weight excluding hydrogens is 312 g/mol. The third kappa shape index (κ3) is 19.5. The summed E-state index contributed by atoms with van der Waals surface area (Å²) < 4.78 is 5.45. The molecule has 0 atom stereocenters. The van der Waals surface area contributed by atoms with Crippen LogP contribution >= 0.6 is 0 Å². The fourth-order valence-electron chi connectivity index (χ4n) is 2.73. The van der Waals surface area contributed by atoms with Crippen LogP contribution < -0.4 is 0 Å². The zero-order chi connectivity index (χ0) is 18.1. The summed E-state index contributed by atoms with van der Waals surface area (Å²) in [5, 5.41) is 0. The van der Waals surface area contributed by atoms with Crippen LogP contribution in [0.15, 0.2) is 12.2 Å². The third-order valence-electron chi connectivity index (χ3n) is 4.06. The van der Waals surface area contributed by atoms with Crippen LogP contribution in [0.4, 0.5) is 0 Å². The highest BCUT2D eigenvalue weighted by Crippen LogP contribution is 2.12. The molecule has 0 saturated carbocycles. The molecule has 0 spiro atoms. The van der Waals surface area contributed by atoms with E-state index in [-0.39, 0.29) is 5.97 Å². The maximum atomic E-state index is 11.6. The first-order valence-corrected chi connectivity index (χ1v) is 13.7. The topological polar surface area (TPSA) is 26.3 Å². The van der Waals surface area contributed by atoms with Gasteiger partial charge in [0.05, 0.1) is 0 Å². The van der Waals surface area contributed by atoms with Crippen LogP contribution in [-0.4, -0.2) is 14.3 Å². The number of hydrogen-bond acceptors (Lipinski definition) is 2. The minimum atomic E-state index is -1.68. The van der Waals surface area contributed by atoms with Gasteiger partial charge in [0.2, 0.25) is 8.32 Å². The minimum absolute atomic E-state index is 0.00986. The summed E-state index contributed by atoms with van der Waals surface area (Å²) in [4.78, 5) is 11.6. The quantitative estimate of drug-likeness (QED) is 0.164. The van der Waals surface area contributed by atoms with Crippen LogP contribution in [0.5, 0.6) is 0 Å². The number of unbranched alkanes of at least 4 members (excludes halogenated alkanes) is 11. The van der Waals surface area contributed by atoms with Gasteiger partial charge in [-0.2, -0.15) is 0 Å². The summed E-state index contributed by atoms with van der Waals surface area (Å²) >= 11 is 0. The lowest BCUT2D eigenvalue weighted by atomic mass is 10.1. The lowest BCUT2D eigenvalue weighted by molar-refractivity contribution is -0.135. The van der Waals surface area contributed by atoms with E-state index >= 15 is 0 Å². The van der Waals surface area contributed by atoms with Crippen molar-refractivity contribution in [3.05, 3.63) is 12.2 Å². The number of rotatable bonds is 16. The van der Waals surface area contributed by atoms with Crippen molar-refractivity contribution in [1.82, 2.24) is 0 Å². The molecule has 142 valence electrons. The van der Waals surface area contributed by atoms with Gasteiger partial charge >= 0.3 is 0 Å². The van der Waals surface area contributed by atoms with Gasteiger partial charge < -0.3 is 4.43 Å². The van der Waals surface area contributed by atoms with Crippen molar-refractivity contribution in [2.24, 2.45) is 0 Å². The van der Waals surface area contributed by atoms with Crippen molar-refractivity contribution >= 4 is 14.3 Å². The van der Waals surface area contributed by atoms with E-state index in [1.54, 1.807) is 0 Å². The Hall–Kier alpha value is -0.573. The number of allylic oxidation sites excluding steroid dienone is 2. The Balaban J connectivity index is 3.23. The predicted molar refractivity (Wildman–Crippen MR) is 109 cm³/mol. The molecule has 0 N–H and O–H groups in total. The zero-order valence-electron chi connectivity index (χ0n) is 16.9. The van der Waals surface area contributed by atoms with Gasteiger partial charge in [-0.3, -0.25) is 4.79 Å². The molecule has 0 saturated heterocycles. The summed E-state index contributed by atoms with van der Waals surface area (Å²) in [5.74, 6) is 0.00986. The Labute approximate surface area is 152 Å². The van der Waals surface area contributed by atoms with Crippen molar-refractivity contribution in [2.75, 3.05) is 0 Å². The standard InChI is InChI=1S/C21H42O2Si/c1-5-6-7-8-9-10-11-12-13-14-15-16-17-18-19-20-21(22)23-24(2,3)4/h10-11H,5-9,12-20H2,1-4H3/b11-10+. The SMILES string of the molecule is CCCCCC/C=C/CCCCCCCCCC(=O)O[Si](C)(C)C. The average Bonchev–Trinajstić information content (AvgIpc) is 2.49. The predicted octanol–water partition coefficient (Wildman–Crippen LogP) is 7.40. The van der Waals surface area contributed by atoms with E-state index in [4.69, 9.17) is 4.43 Å². The third-order valence-corrected chi connectivity index (χ3v) is 4.90. The van der Waals surface area contributed by atoms with Crippen LogP contribution in [0.2, 0.25) is 19.6 Å². The molecule has 0 aliphatic carbocycles.